The summed E-state index contributed by atoms with van der Waals surface area (Å²) in [6.07, 6.45) is 2.99. The molecule has 9 heteroatoms. The summed E-state index contributed by atoms with van der Waals surface area (Å²) in [6.45, 7) is 5.00. The summed E-state index contributed by atoms with van der Waals surface area (Å²) in [7, 11) is 0. The van der Waals surface area contributed by atoms with Crippen LogP contribution >= 0.6 is 0 Å². The van der Waals surface area contributed by atoms with E-state index in [9.17, 15) is 9.59 Å². The molecule has 0 aliphatic carbocycles. The molecule has 3 heterocycles. The van der Waals surface area contributed by atoms with Crippen molar-refractivity contribution in [3.8, 4) is 22.3 Å². The smallest absolute Gasteiger partial charge is 0.251 e. The van der Waals surface area contributed by atoms with E-state index in [0.717, 1.165) is 58.6 Å². The van der Waals surface area contributed by atoms with Crippen molar-refractivity contribution < 1.29 is 14.3 Å². The number of nitrogens with zero attached hydrogens (tertiary/aromatic N) is 3. The monoisotopic (exact) mass is 514 g/mol. The maximum atomic E-state index is 12.4. The first kappa shape index (κ1) is 25.7. The minimum Gasteiger partial charge on any atom is -0.383 e. The first-order valence-electron chi connectivity index (χ1n) is 13.1. The van der Waals surface area contributed by atoms with E-state index in [1.165, 1.54) is 0 Å². The van der Waals surface area contributed by atoms with Gasteiger partial charge in [0.1, 0.15) is 5.82 Å². The average Bonchev–Trinajstić information content (AvgIpc) is 2.96. The molecule has 38 heavy (non-hydrogen) atoms. The molecular formula is C29H34N6O3. The van der Waals surface area contributed by atoms with E-state index in [-0.39, 0.29) is 11.8 Å². The van der Waals surface area contributed by atoms with Crippen LogP contribution in [0, 0.1) is 0 Å². The predicted octanol–water partition coefficient (Wildman–Crippen LogP) is 2.30. The molecule has 3 aromatic rings. The Balaban J connectivity index is 1.24. The van der Waals surface area contributed by atoms with E-state index < -0.39 is 0 Å². The van der Waals surface area contributed by atoms with Gasteiger partial charge >= 0.3 is 0 Å². The fourth-order valence-corrected chi connectivity index (χ4v) is 5.04. The minimum atomic E-state index is -0.0290. The molecule has 0 atom stereocenters. The SMILES string of the molecule is NCCOCCC(=O)N1CCN(c2ccc(-c3cnc(N)c(-c4ccc5c(c4)CCNC5=O)c3)cc2)CC1. The van der Waals surface area contributed by atoms with Crippen LogP contribution in [0.4, 0.5) is 11.5 Å². The number of nitrogens with two attached hydrogens (primary N) is 2. The number of piperazine rings is 1. The summed E-state index contributed by atoms with van der Waals surface area (Å²) in [6, 6.07) is 16.3. The number of benzene rings is 2. The second-order valence-corrected chi connectivity index (χ2v) is 9.60. The van der Waals surface area contributed by atoms with Gasteiger partial charge in [0.05, 0.1) is 19.6 Å². The number of ether oxygens (including phenoxy) is 1. The summed E-state index contributed by atoms with van der Waals surface area (Å²) >= 11 is 0. The lowest BCUT2D eigenvalue weighted by Crippen LogP contribution is -2.49. The Labute approximate surface area is 222 Å². The molecule has 198 valence electrons. The van der Waals surface area contributed by atoms with Crippen LogP contribution < -0.4 is 21.7 Å². The molecule has 1 fully saturated rings. The maximum Gasteiger partial charge on any atom is 0.251 e. The molecule has 0 spiro atoms. The average molecular weight is 515 g/mol. The Morgan fingerprint density at radius 2 is 1.71 bits per heavy atom. The van der Waals surface area contributed by atoms with E-state index in [1.54, 1.807) is 6.20 Å². The van der Waals surface area contributed by atoms with Crippen LogP contribution in [0.3, 0.4) is 0 Å². The Morgan fingerprint density at radius 3 is 2.47 bits per heavy atom. The third kappa shape index (κ3) is 5.64. The minimum absolute atomic E-state index is 0.0290. The van der Waals surface area contributed by atoms with Gasteiger partial charge in [0.2, 0.25) is 5.91 Å². The van der Waals surface area contributed by atoms with Gasteiger partial charge in [-0.3, -0.25) is 9.59 Å². The molecule has 1 saturated heterocycles. The molecule has 5 rings (SSSR count). The number of pyridine rings is 1. The zero-order chi connectivity index (χ0) is 26.5. The Hall–Kier alpha value is -3.95. The Bertz CT molecular complexity index is 1300. The van der Waals surface area contributed by atoms with Gasteiger partial charge < -0.3 is 31.3 Å². The number of fused-ring (bicyclic) bond motifs is 1. The highest BCUT2D eigenvalue weighted by Gasteiger charge is 2.21. The molecule has 0 saturated carbocycles. The van der Waals surface area contributed by atoms with E-state index >= 15 is 0 Å². The lowest BCUT2D eigenvalue weighted by atomic mass is 9.94. The topological polar surface area (TPSA) is 127 Å². The third-order valence-corrected chi connectivity index (χ3v) is 7.18. The van der Waals surface area contributed by atoms with E-state index in [2.05, 4.69) is 45.5 Å². The van der Waals surface area contributed by atoms with Crippen molar-refractivity contribution in [2.75, 3.05) is 63.1 Å². The van der Waals surface area contributed by atoms with Gasteiger partial charge in [0.15, 0.2) is 0 Å². The van der Waals surface area contributed by atoms with Crippen molar-refractivity contribution in [2.45, 2.75) is 12.8 Å². The summed E-state index contributed by atoms with van der Waals surface area (Å²) < 4.78 is 5.34. The number of aromatic nitrogens is 1. The molecule has 2 aliphatic heterocycles. The van der Waals surface area contributed by atoms with Gasteiger partial charge in [-0.2, -0.15) is 0 Å². The molecule has 2 amide bonds. The largest absolute Gasteiger partial charge is 0.383 e. The number of hydrogen-bond donors (Lipinski definition) is 3. The van der Waals surface area contributed by atoms with Gasteiger partial charge in [-0.05, 0) is 47.4 Å². The van der Waals surface area contributed by atoms with Crippen molar-refractivity contribution in [3.05, 3.63) is 65.9 Å². The fraction of sp³-hybridized carbons (Fsp3) is 0.345. The molecule has 0 radical (unpaired) electrons. The lowest BCUT2D eigenvalue weighted by molar-refractivity contribution is -0.132. The molecule has 2 aromatic carbocycles. The predicted molar refractivity (Wildman–Crippen MR) is 149 cm³/mol. The van der Waals surface area contributed by atoms with Gasteiger partial charge in [-0.25, -0.2) is 4.98 Å². The van der Waals surface area contributed by atoms with Crippen LogP contribution in [-0.4, -0.2) is 74.2 Å². The molecule has 0 unspecified atom stereocenters. The van der Waals surface area contributed by atoms with E-state index in [1.807, 2.05) is 23.1 Å². The zero-order valence-corrected chi connectivity index (χ0v) is 21.5. The molecular weight excluding hydrogens is 480 g/mol. The van der Waals surface area contributed by atoms with Crippen LogP contribution in [0.2, 0.25) is 0 Å². The zero-order valence-electron chi connectivity index (χ0n) is 21.5. The van der Waals surface area contributed by atoms with Crippen LogP contribution in [0.1, 0.15) is 22.3 Å². The molecule has 0 bridgehead atoms. The fourth-order valence-electron chi connectivity index (χ4n) is 5.04. The number of nitrogens with one attached hydrogen (secondary N) is 1. The first-order valence-corrected chi connectivity index (χ1v) is 13.1. The molecule has 5 N–H and O–H groups in total. The number of nitrogen functional groups attached to an aromatic ring is 1. The van der Waals surface area contributed by atoms with Crippen molar-refractivity contribution in [1.82, 2.24) is 15.2 Å². The van der Waals surface area contributed by atoms with Crippen LogP contribution in [0.25, 0.3) is 22.3 Å². The quantitative estimate of drug-likeness (QED) is 0.394. The number of hydrogen-bond acceptors (Lipinski definition) is 7. The Kier molecular flexibility index (Phi) is 7.86. The van der Waals surface area contributed by atoms with Crippen LogP contribution in [0.5, 0.6) is 0 Å². The van der Waals surface area contributed by atoms with Gasteiger partial charge in [-0.1, -0.05) is 24.3 Å². The highest BCUT2D eigenvalue weighted by Crippen LogP contribution is 2.32. The van der Waals surface area contributed by atoms with Crippen molar-refractivity contribution in [2.24, 2.45) is 5.73 Å². The van der Waals surface area contributed by atoms with Crippen molar-refractivity contribution >= 4 is 23.3 Å². The second-order valence-electron chi connectivity index (χ2n) is 9.60. The van der Waals surface area contributed by atoms with Crippen molar-refractivity contribution in [3.63, 3.8) is 0 Å². The van der Waals surface area contributed by atoms with Gasteiger partial charge in [0, 0.05) is 67.8 Å². The molecule has 9 nitrogen and oxygen atoms in total. The number of rotatable bonds is 8. The molecule has 2 aliphatic rings. The standard InChI is InChI=1S/C29H34N6O3/c30-9-16-38-15-8-27(36)35-13-11-34(12-14-35)24-4-1-20(2-5-24)23-18-26(28(31)33-19-23)21-3-6-25-22(17-21)7-10-32-29(25)37/h1-6,17-19H,7-16,30H2,(H2,31,33)(H,32,37). The van der Waals surface area contributed by atoms with Crippen molar-refractivity contribution in [1.29, 1.82) is 0 Å². The van der Waals surface area contributed by atoms with E-state index in [0.29, 0.717) is 51.6 Å². The Morgan fingerprint density at radius 1 is 0.947 bits per heavy atom. The summed E-state index contributed by atoms with van der Waals surface area (Å²) in [5.41, 5.74) is 18.4. The van der Waals surface area contributed by atoms with Gasteiger partial charge in [-0.15, -0.1) is 0 Å². The maximum absolute atomic E-state index is 12.4. The lowest BCUT2D eigenvalue weighted by Gasteiger charge is -2.36. The second kappa shape index (κ2) is 11.6. The van der Waals surface area contributed by atoms with E-state index in [4.69, 9.17) is 16.2 Å². The van der Waals surface area contributed by atoms with Gasteiger partial charge in [0.25, 0.3) is 5.91 Å². The number of carbonyl (C=O) groups excluding carboxylic acids is 2. The third-order valence-electron chi connectivity index (χ3n) is 7.18. The highest BCUT2D eigenvalue weighted by molar-refractivity contribution is 5.97. The summed E-state index contributed by atoms with van der Waals surface area (Å²) in [4.78, 5) is 33.2. The highest BCUT2D eigenvalue weighted by atomic mass is 16.5. The normalized spacial score (nSPS) is 15.2. The number of amides is 2. The van der Waals surface area contributed by atoms with Crippen LogP contribution in [-0.2, 0) is 16.0 Å². The molecule has 1 aromatic heterocycles. The summed E-state index contributed by atoms with van der Waals surface area (Å²) in [5, 5.41) is 2.88. The number of carbonyl (C=O) groups is 2. The first-order chi connectivity index (χ1) is 18.5. The number of anilines is 2. The van der Waals surface area contributed by atoms with Crippen LogP contribution in [0.15, 0.2) is 54.7 Å². The summed E-state index contributed by atoms with van der Waals surface area (Å²) in [5.74, 6) is 0.563.